The Morgan fingerprint density at radius 2 is 1.20 bits per heavy atom. The van der Waals surface area contributed by atoms with Crippen molar-refractivity contribution in [2.75, 3.05) is 4.90 Å². The van der Waals surface area contributed by atoms with Gasteiger partial charge in [-0.15, -0.1) is 11.3 Å². The van der Waals surface area contributed by atoms with Crippen molar-refractivity contribution >= 4 is 59.3 Å². The Hall–Kier alpha value is -5.18. The minimum Gasteiger partial charge on any atom is -0.309 e. The molecule has 0 atom stereocenters. The molecule has 1 nitrogen and oxygen atoms in total. The van der Waals surface area contributed by atoms with Crippen LogP contribution in [0.1, 0.15) is 25.0 Å². The molecule has 0 aliphatic heterocycles. The van der Waals surface area contributed by atoms with Crippen LogP contribution in [-0.2, 0) is 5.41 Å². The molecule has 8 aromatic rings. The van der Waals surface area contributed by atoms with Crippen LogP contribution in [0.3, 0.4) is 0 Å². The lowest BCUT2D eigenvalue weighted by Gasteiger charge is -2.32. The smallest absolute Gasteiger partial charge is 0.0646 e. The zero-order valence-electron chi connectivity index (χ0n) is 25.3. The lowest BCUT2D eigenvalue weighted by molar-refractivity contribution is 0.661. The van der Waals surface area contributed by atoms with Gasteiger partial charge in [0.15, 0.2) is 0 Å². The van der Waals surface area contributed by atoms with Crippen molar-refractivity contribution in [3.63, 3.8) is 0 Å². The quantitative estimate of drug-likeness (QED) is 0.196. The van der Waals surface area contributed by atoms with Gasteiger partial charge in [0.1, 0.15) is 0 Å². The topological polar surface area (TPSA) is 3.24 Å². The third-order valence-electron chi connectivity index (χ3n) is 9.62. The highest BCUT2D eigenvalue weighted by molar-refractivity contribution is 7.26. The van der Waals surface area contributed by atoms with Gasteiger partial charge in [-0.05, 0) is 74.5 Å². The van der Waals surface area contributed by atoms with Gasteiger partial charge < -0.3 is 4.90 Å². The maximum atomic E-state index is 2.53. The fourth-order valence-electron chi connectivity index (χ4n) is 7.57. The van der Waals surface area contributed by atoms with Crippen LogP contribution >= 0.6 is 11.3 Å². The van der Waals surface area contributed by atoms with Crippen LogP contribution in [0.4, 0.5) is 17.1 Å². The molecule has 9 rings (SSSR count). The standard InChI is InChI=1S/C43H31NS/c1-43(2)36-20-10-8-17-33(36)34-19-12-21-37(41(34)43)44(31-25-23-29(24-26-31)28-13-4-3-5-14-28)38-27-30-15-6-7-16-32(30)40-35-18-9-11-22-39(35)45-42(38)40/h3-27H,1-2H3. The second-order valence-corrected chi connectivity index (χ2v) is 13.6. The van der Waals surface area contributed by atoms with Gasteiger partial charge in [0.05, 0.1) is 16.1 Å². The molecule has 1 heterocycles. The summed E-state index contributed by atoms with van der Waals surface area (Å²) in [5.41, 5.74) is 11.3. The number of hydrogen-bond donors (Lipinski definition) is 0. The number of hydrogen-bond acceptors (Lipinski definition) is 2. The van der Waals surface area contributed by atoms with Gasteiger partial charge in [-0.1, -0.05) is 135 Å². The molecule has 0 saturated carbocycles. The van der Waals surface area contributed by atoms with E-state index < -0.39 is 0 Å². The molecule has 0 bridgehead atoms. The first-order valence-corrected chi connectivity index (χ1v) is 16.4. The van der Waals surface area contributed by atoms with Crippen molar-refractivity contribution in [3.8, 4) is 22.3 Å². The van der Waals surface area contributed by atoms with Gasteiger partial charge in [-0.2, -0.15) is 0 Å². The van der Waals surface area contributed by atoms with E-state index in [1.807, 2.05) is 11.3 Å². The number of benzene rings is 7. The van der Waals surface area contributed by atoms with Gasteiger partial charge in [-0.3, -0.25) is 0 Å². The number of anilines is 3. The molecule has 0 saturated heterocycles. The molecule has 7 aromatic carbocycles. The average Bonchev–Trinajstić information content (AvgIpc) is 3.59. The summed E-state index contributed by atoms with van der Waals surface area (Å²) >= 11 is 1.90. The Morgan fingerprint density at radius 1 is 0.533 bits per heavy atom. The number of thiophene rings is 1. The number of fused-ring (bicyclic) bond motifs is 8. The van der Waals surface area contributed by atoms with Crippen molar-refractivity contribution in [3.05, 3.63) is 163 Å². The maximum Gasteiger partial charge on any atom is 0.0646 e. The first kappa shape index (κ1) is 26.2. The molecule has 2 heteroatoms. The van der Waals surface area contributed by atoms with Crippen molar-refractivity contribution in [2.45, 2.75) is 19.3 Å². The third kappa shape index (κ3) is 3.92. The molecule has 1 aromatic heterocycles. The molecule has 0 amide bonds. The van der Waals surface area contributed by atoms with Gasteiger partial charge in [0.25, 0.3) is 0 Å². The summed E-state index contributed by atoms with van der Waals surface area (Å²) in [6, 6.07) is 55.7. The van der Waals surface area contributed by atoms with Gasteiger partial charge in [0, 0.05) is 26.6 Å². The molecule has 0 spiro atoms. The predicted molar refractivity (Wildman–Crippen MR) is 195 cm³/mol. The normalized spacial score (nSPS) is 13.3. The fourth-order valence-corrected chi connectivity index (χ4v) is 8.79. The van der Waals surface area contributed by atoms with E-state index in [-0.39, 0.29) is 5.41 Å². The van der Waals surface area contributed by atoms with Gasteiger partial charge in [0.2, 0.25) is 0 Å². The van der Waals surface area contributed by atoms with E-state index in [1.165, 1.54) is 75.7 Å². The molecule has 214 valence electrons. The first-order valence-electron chi connectivity index (χ1n) is 15.6. The highest BCUT2D eigenvalue weighted by Gasteiger charge is 2.39. The largest absolute Gasteiger partial charge is 0.309 e. The first-order chi connectivity index (χ1) is 22.1. The summed E-state index contributed by atoms with van der Waals surface area (Å²) in [7, 11) is 0. The fraction of sp³-hybridized carbons (Fsp3) is 0.0698. The third-order valence-corrected chi connectivity index (χ3v) is 10.8. The van der Waals surface area contributed by atoms with E-state index in [0.29, 0.717) is 0 Å². The van der Waals surface area contributed by atoms with Crippen LogP contribution in [0.2, 0.25) is 0 Å². The molecule has 0 radical (unpaired) electrons. The molecule has 1 aliphatic carbocycles. The van der Waals surface area contributed by atoms with E-state index in [1.54, 1.807) is 0 Å². The maximum absolute atomic E-state index is 2.53. The van der Waals surface area contributed by atoms with Crippen LogP contribution in [0.5, 0.6) is 0 Å². The van der Waals surface area contributed by atoms with Crippen molar-refractivity contribution in [1.82, 2.24) is 0 Å². The van der Waals surface area contributed by atoms with Crippen LogP contribution in [0.15, 0.2) is 152 Å². The molecule has 0 N–H and O–H groups in total. The average molecular weight is 594 g/mol. The SMILES string of the molecule is CC1(C)c2ccccc2-c2cccc(N(c3ccc(-c4ccccc4)cc3)c3cc4ccccc4c4c3sc3ccccc34)c21. The van der Waals surface area contributed by atoms with Gasteiger partial charge in [-0.25, -0.2) is 0 Å². The van der Waals surface area contributed by atoms with Crippen LogP contribution < -0.4 is 4.90 Å². The molecule has 0 fully saturated rings. The van der Waals surface area contributed by atoms with E-state index in [4.69, 9.17) is 0 Å². The Bertz CT molecular complexity index is 2400. The zero-order valence-corrected chi connectivity index (χ0v) is 26.1. The minimum absolute atomic E-state index is 0.152. The molecular weight excluding hydrogens is 563 g/mol. The van der Waals surface area contributed by atoms with Gasteiger partial charge >= 0.3 is 0 Å². The summed E-state index contributed by atoms with van der Waals surface area (Å²) < 4.78 is 2.63. The van der Waals surface area contributed by atoms with E-state index in [2.05, 4.69) is 170 Å². The van der Waals surface area contributed by atoms with Crippen molar-refractivity contribution < 1.29 is 0 Å². The van der Waals surface area contributed by atoms with E-state index in [9.17, 15) is 0 Å². The van der Waals surface area contributed by atoms with E-state index >= 15 is 0 Å². The summed E-state index contributed by atoms with van der Waals surface area (Å²) in [6.07, 6.45) is 0. The summed E-state index contributed by atoms with van der Waals surface area (Å²) in [5, 5.41) is 5.22. The molecule has 1 aliphatic rings. The molecule has 0 unspecified atom stereocenters. The Balaban J connectivity index is 1.37. The second kappa shape index (κ2) is 9.92. The highest BCUT2D eigenvalue weighted by Crippen LogP contribution is 2.56. The summed E-state index contributed by atoms with van der Waals surface area (Å²) in [4.78, 5) is 2.53. The second-order valence-electron chi connectivity index (χ2n) is 12.5. The van der Waals surface area contributed by atoms with Crippen LogP contribution in [0.25, 0.3) is 53.2 Å². The minimum atomic E-state index is -0.152. The van der Waals surface area contributed by atoms with Crippen LogP contribution in [0, 0.1) is 0 Å². The molecule has 45 heavy (non-hydrogen) atoms. The Kier molecular flexibility index (Phi) is 5.78. The zero-order chi connectivity index (χ0) is 30.1. The van der Waals surface area contributed by atoms with Crippen molar-refractivity contribution in [2.24, 2.45) is 0 Å². The Morgan fingerprint density at radius 3 is 2.04 bits per heavy atom. The lowest BCUT2D eigenvalue weighted by Crippen LogP contribution is -2.20. The lowest BCUT2D eigenvalue weighted by atomic mass is 9.81. The van der Waals surface area contributed by atoms with Crippen LogP contribution in [-0.4, -0.2) is 0 Å². The summed E-state index contributed by atoms with van der Waals surface area (Å²) in [5.74, 6) is 0. The van der Waals surface area contributed by atoms with E-state index in [0.717, 1.165) is 5.69 Å². The summed E-state index contributed by atoms with van der Waals surface area (Å²) in [6.45, 7) is 4.76. The highest BCUT2D eigenvalue weighted by atomic mass is 32.1. The molecular formula is C43H31NS. The van der Waals surface area contributed by atoms with Crippen molar-refractivity contribution in [1.29, 1.82) is 0 Å². The predicted octanol–water partition coefficient (Wildman–Crippen LogP) is 12.7. The number of nitrogens with zero attached hydrogens (tertiary/aromatic N) is 1. The number of rotatable bonds is 4. The monoisotopic (exact) mass is 593 g/mol. The Labute approximate surface area is 267 Å².